The summed E-state index contributed by atoms with van der Waals surface area (Å²) < 4.78 is 0. The second-order valence-electron chi connectivity index (χ2n) is 4.64. The van der Waals surface area contributed by atoms with Gasteiger partial charge in [0.1, 0.15) is 4.83 Å². The van der Waals surface area contributed by atoms with Crippen LogP contribution in [0.25, 0.3) is 10.2 Å². The van der Waals surface area contributed by atoms with Crippen molar-refractivity contribution in [2.75, 3.05) is 10.2 Å². The minimum absolute atomic E-state index is 0.127. The summed E-state index contributed by atoms with van der Waals surface area (Å²) in [6.07, 6.45) is 1.76. The van der Waals surface area contributed by atoms with Gasteiger partial charge in [-0.2, -0.15) is 0 Å². The van der Waals surface area contributed by atoms with E-state index in [-0.39, 0.29) is 6.03 Å². The lowest BCUT2D eigenvalue weighted by Gasteiger charge is -2.28. The van der Waals surface area contributed by atoms with E-state index in [1.54, 1.807) is 22.4 Å². The number of nitrogens with zero attached hydrogens (tertiary/aromatic N) is 2. The van der Waals surface area contributed by atoms with E-state index in [9.17, 15) is 4.79 Å². The first-order valence-electron chi connectivity index (χ1n) is 6.30. The monoisotopic (exact) mass is 281 g/mol. The Balaban J connectivity index is 2.03. The summed E-state index contributed by atoms with van der Waals surface area (Å²) in [5.74, 6) is 0. The highest BCUT2D eigenvalue weighted by Gasteiger charge is 2.29. The first kappa shape index (κ1) is 11.4. The number of hydrogen-bond donors (Lipinski definition) is 1. The van der Waals surface area contributed by atoms with Gasteiger partial charge in [0, 0.05) is 11.1 Å². The van der Waals surface area contributed by atoms with Crippen molar-refractivity contribution in [2.45, 2.75) is 6.92 Å². The van der Waals surface area contributed by atoms with Crippen LogP contribution in [0.5, 0.6) is 0 Å². The van der Waals surface area contributed by atoms with Gasteiger partial charge in [0.25, 0.3) is 0 Å². The highest BCUT2D eigenvalue weighted by molar-refractivity contribution is 7.19. The van der Waals surface area contributed by atoms with Crippen molar-refractivity contribution in [3.63, 3.8) is 0 Å². The third-order valence-electron chi connectivity index (χ3n) is 3.44. The summed E-state index contributed by atoms with van der Waals surface area (Å²) in [4.78, 5) is 20.6. The Morgan fingerprint density at radius 3 is 2.80 bits per heavy atom. The number of pyridine rings is 1. The second-order valence-corrected chi connectivity index (χ2v) is 5.85. The minimum Gasteiger partial charge on any atom is -0.305 e. The molecule has 98 valence electrons. The van der Waals surface area contributed by atoms with Crippen LogP contribution in [0.2, 0.25) is 0 Å². The normalized spacial score (nSPS) is 13.7. The number of para-hydroxylation sites is 1. The van der Waals surface area contributed by atoms with Gasteiger partial charge in [-0.15, -0.1) is 11.3 Å². The molecule has 0 radical (unpaired) electrons. The molecule has 1 aliphatic rings. The molecule has 4 nitrogen and oxygen atoms in total. The zero-order chi connectivity index (χ0) is 13.7. The van der Waals surface area contributed by atoms with E-state index in [2.05, 4.69) is 10.3 Å². The fraction of sp³-hybridized carbons (Fsp3) is 0.0667. The third kappa shape index (κ3) is 1.47. The molecule has 3 heterocycles. The lowest BCUT2D eigenvalue weighted by molar-refractivity contribution is 0.259. The Labute approximate surface area is 119 Å². The highest BCUT2D eigenvalue weighted by Crippen LogP contribution is 2.44. The van der Waals surface area contributed by atoms with Gasteiger partial charge in [-0.3, -0.25) is 4.90 Å². The largest absolute Gasteiger partial charge is 0.331 e. The molecule has 0 saturated carbocycles. The predicted octanol–water partition coefficient (Wildman–Crippen LogP) is 4.29. The highest BCUT2D eigenvalue weighted by atomic mass is 32.1. The number of amides is 2. The average molecular weight is 281 g/mol. The van der Waals surface area contributed by atoms with Crippen molar-refractivity contribution < 1.29 is 4.79 Å². The molecule has 0 fully saturated rings. The van der Waals surface area contributed by atoms with E-state index in [4.69, 9.17) is 0 Å². The summed E-state index contributed by atoms with van der Waals surface area (Å²) >= 11 is 1.60. The fourth-order valence-electron chi connectivity index (χ4n) is 2.56. The van der Waals surface area contributed by atoms with Gasteiger partial charge in [-0.25, -0.2) is 9.78 Å². The number of carbonyl (C=O) groups is 1. The zero-order valence-corrected chi connectivity index (χ0v) is 11.6. The summed E-state index contributed by atoms with van der Waals surface area (Å²) in [5, 5.41) is 4.00. The van der Waals surface area contributed by atoms with Crippen LogP contribution in [-0.2, 0) is 0 Å². The number of anilines is 3. The van der Waals surface area contributed by atoms with Crippen LogP contribution in [0, 0.1) is 6.92 Å². The maximum Gasteiger partial charge on any atom is 0.331 e. The fourth-order valence-corrected chi connectivity index (χ4v) is 3.53. The Morgan fingerprint density at radius 1 is 1.20 bits per heavy atom. The molecule has 1 aromatic carbocycles. The Hall–Kier alpha value is -2.40. The van der Waals surface area contributed by atoms with Crippen molar-refractivity contribution in [3.8, 4) is 0 Å². The molecule has 2 amide bonds. The van der Waals surface area contributed by atoms with Crippen LogP contribution in [0.1, 0.15) is 4.88 Å². The van der Waals surface area contributed by atoms with Crippen molar-refractivity contribution in [2.24, 2.45) is 0 Å². The molecule has 1 N–H and O–H groups in total. The molecule has 3 aromatic rings. The van der Waals surface area contributed by atoms with Gasteiger partial charge < -0.3 is 5.32 Å². The SMILES string of the molecule is Cc1sc2nccc3c2c1NC(=O)N3c1ccccc1. The minimum atomic E-state index is -0.127. The molecule has 0 unspecified atom stereocenters. The summed E-state index contributed by atoms with van der Waals surface area (Å²) in [6, 6.07) is 11.4. The van der Waals surface area contributed by atoms with E-state index < -0.39 is 0 Å². The van der Waals surface area contributed by atoms with Crippen molar-refractivity contribution >= 4 is 44.6 Å². The van der Waals surface area contributed by atoms with Crippen LogP contribution in [0.3, 0.4) is 0 Å². The van der Waals surface area contributed by atoms with E-state index in [0.717, 1.165) is 32.2 Å². The third-order valence-corrected chi connectivity index (χ3v) is 4.45. The molecule has 20 heavy (non-hydrogen) atoms. The van der Waals surface area contributed by atoms with Gasteiger partial charge in [0.05, 0.1) is 22.4 Å². The molecule has 0 spiro atoms. The van der Waals surface area contributed by atoms with Gasteiger partial charge in [0.15, 0.2) is 0 Å². The van der Waals surface area contributed by atoms with E-state index in [1.807, 2.05) is 43.3 Å². The van der Waals surface area contributed by atoms with Crippen LogP contribution in [0.4, 0.5) is 21.9 Å². The average Bonchev–Trinajstić information content (AvgIpc) is 2.78. The number of urea groups is 1. The molecule has 0 atom stereocenters. The number of rotatable bonds is 1. The molecular formula is C15H11N3OS. The van der Waals surface area contributed by atoms with Crippen LogP contribution >= 0.6 is 11.3 Å². The second kappa shape index (κ2) is 4.05. The lowest BCUT2D eigenvalue weighted by Crippen LogP contribution is -2.33. The number of thiophene rings is 1. The van der Waals surface area contributed by atoms with Gasteiger partial charge in [0.2, 0.25) is 0 Å². The van der Waals surface area contributed by atoms with Gasteiger partial charge in [-0.1, -0.05) is 18.2 Å². The molecule has 4 rings (SSSR count). The Kier molecular flexibility index (Phi) is 2.31. The number of benzene rings is 1. The summed E-state index contributed by atoms with van der Waals surface area (Å²) in [6.45, 7) is 2.00. The van der Waals surface area contributed by atoms with Crippen LogP contribution in [0.15, 0.2) is 42.6 Å². The molecule has 5 heteroatoms. The van der Waals surface area contributed by atoms with E-state index >= 15 is 0 Å². The van der Waals surface area contributed by atoms with Crippen LogP contribution in [-0.4, -0.2) is 11.0 Å². The first-order chi connectivity index (χ1) is 9.75. The van der Waals surface area contributed by atoms with Crippen LogP contribution < -0.4 is 10.2 Å². The molecule has 0 saturated heterocycles. The Bertz CT molecular complexity index is 826. The number of aryl methyl sites for hydroxylation is 1. The van der Waals surface area contributed by atoms with Crippen molar-refractivity contribution in [3.05, 3.63) is 47.5 Å². The molecule has 0 aliphatic carbocycles. The van der Waals surface area contributed by atoms with E-state index in [0.29, 0.717) is 0 Å². The quantitative estimate of drug-likeness (QED) is 0.723. The lowest BCUT2D eigenvalue weighted by atomic mass is 10.1. The number of aromatic nitrogens is 1. The summed E-state index contributed by atoms with van der Waals surface area (Å²) in [7, 11) is 0. The maximum atomic E-state index is 12.4. The van der Waals surface area contributed by atoms with Crippen molar-refractivity contribution in [1.29, 1.82) is 0 Å². The molecule has 0 bridgehead atoms. The molecule has 2 aromatic heterocycles. The number of carbonyl (C=O) groups excluding carboxylic acids is 1. The van der Waals surface area contributed by atoms with Gasteiger partial charge >= 0.3 is 6.03 Å². The molecule has 1 aliphatic heterocycles. The summed E-state index contributed by atoms with van der Waals surface area (Å²) in [5.41, 5.74) is 2.64. The van der Waals surface area contributed by atoms with Crippen molar-refractivity contribution in [1.82, 2.24) is 4.98 Å². The Morgan fingerprint density at radius 2 is 2.00 bits per heavy atom. The number of nitrogens with one attached hydrogen (secondary N) is 1. The van der Waals surface area contributed by atoms with E-state index in [1.165, 1.54) is 0 Å². The molecular weight excluding hydrogens is 270 g/mol. The predicted molar refractivity (Wildman–Crippen MR) is 82.0 cm³/mol. The number of hydrogen-bond acceptors (Lipinski definition) is 3. The topological polar surface area (TPSA) is 45.2 Å². The zero-order valence-electron chi connectivity index (χ0n) is 10.8. The maximum absolute atomic E-state index is 12.4. The standard InChI is InChI=1S/C15H11N3OS/c1-9-13-12-11(7-8-16-14(12)20-9)18(15(19)17-13)10-5-3-2-4-6-10/h2-8H,1H3,(H,17,19). The smallest absolute Gasteiger partial charge is 0.305 e. The van der Waals surface area contributed by atoms with Gasteiger partial charge in [-0.05, 0) is 25.1 Å². The first-order valence-corrected chi connectivity index (χ1v) is 7.11.